The summed E-state index contributed by atoms with van der Waals surface area (Å²) >= 11 is 0. The standard InChI is InChI=1S/C12H19N5O3/c18-11(19)10(5-9-6-14-7-15-9)17-12(20)16-8-1-3-13-4-2-8/h6-8,10,13H,1-5H2,(H,14,15)(H,18,19)(H2,16,17,20). The maximum Gasteiger partial charge on any atom is 0.326 e. The molecule has 0 aromatic carbocycles. The summed E-state index contributed by atoms with van der Waals surface area (Å²) in [7, 11) is 0. The van der Waals surface area contributed by atoms with E-state index in [0.717, 1.165) is 25.9 Å². The highest BCUT2D eigenvalue weighted by Crippen LogP contribution is 2.02. The minimum atomic E-state index is -1.07. The van der Waals surface area contributed by atoms with Gasteiger partial charge < -0.3 is 26.0 Å². The van der Waals surface area contributed by atoms with Crippen LogP contribution < -0.4 is 16.0 Å². The number of hydrogen-bond donors (Lipinski definition) is 5. The first-order valence-corrected chi connectivity index (χ1v) is 6.63. The highest BCUT2D eigenvalue weighted by atomic mass is 16.4. The normalized spacial score (nSPS) is 17.4. The Labute approximate surface area is 116 Å². The molecule has 20 heavy (non-hydrogen) atoms. The molecule has 1 atom stereocenters. The van der Waals surface area contributed by atoms with Crippen LogP contribution in [0.4, 0.5) is 4.79 Å². The van der Waals surface area contributed by atoms with Gasteiger partial charge in [0.1, 0.15) is 6.04 Å². The Kier molecular flexibility index (Phi) is 4.94. The monoisotopic (exact) mass is 281 g/mol. The van der Waals surface area contributed by atoms with E-state index in [1.807, 2.05) is 0 Å². The SMILES string of the molecule is O=C(NC1CCNCC1)NC(Cc1cnc[nH]1)C(=O)O. The third-order valence-electron chi connectivity index (χ3n) is 3.26. The first-order chi connectivity index (χ1) is 9.65. The molecule has 1 saturated heterocycles. The number of rotatable bonds is 5. The number of hydrogen-bond acceptors (Lipinski definition) is 4. The van der Waals surface area contributed by atoms with E-state index in [9.17, 15) is 9.59 Å². The number of H-pyrrole nitrogens is 1. The molecule has 1 fully saturated rings. The van der Waals surface area contributed by atoms with Crippen LogP contribution in [-0.4, -0.2) is 52.2 Å². The number of carbonyl (C=O) groups excluding carboxylic acids is 1. The summed E-state index contributed by atoms with van der Waals surface area (Å²) in [6.45, 7) is 1.73. The molecular formula is C12H19N5O3. The molecule has 8 nitrogen and oxygen atoms in total. The number of carboxylic acid groups (broad SMARTS) is 1. The minimum Gasteiger partial charge on any atom is -0.480 e. The van der Waals surface area contributed by atoms with Gasteiger partial charge in [0, 0.05) is 24.4 Å². The molecule has 8 heteroatoms. The van der Waals surface area contributed by atoms with E-state index >= 15 is 0 Å². The van der Waals surface area contributed by atoms with Crippen LogP contribution in [0.2, 0.25) is 0 Å². The number of imidazole rings is 1. The van der Waals surface area contributed by atoms with Crippen molar-refractivity contribution in [2.75, 3.05) is 13.1 Å². The van der Waals surface area contributed by atoms with E-state index in [1.54, 1.807) is 6.20 Å². The number of urea groups is 1. The second-order valence-electron chi connectivity index (χ2n) is 4.81. The third kappa shape index (κ3) is 4.23. The van der Waals surface area contributed by atoms with Crippen LogP contribution in [0.15, 0.2) is 12.5 Å². The Morgan fingerprint density at radius 1 is 1.45 bits per heavy atom. The molecule has 2 rings (SSSR count). The number of aromatic amines is 1. The molecule has 1 aliphatic rings. The van der Waals surface area contributed by atoms with Crippen molar-refractivity contribution >= 4 is 12.0 Å². The van der Waals surface area contributed by atoms with Crippen LogP contribution in [0, 0.1) is 0 Å². The fraction of sp³-hybridized carbons (Fsp3) is 0.583. The Morgan fingerprint density at radius 3 is 2.80 bits per heavy atom. The second kappa shape index (κ2) is 6.90. The molecular weight excluding hydrogens is 262 g/mol. The van der Waals surface area contributed by atoms with Gasteiger partial charge in [-0.15, -0.1) is 0 Å². The number of amides is 2. The van der Waals surface area contributed by atoms with Crippen LogP contribution in [-0.2, 0) is 11.2 Å². The summed E-state index contributed by atoms with van der Waals surface area (Å²) in [5.41, 5.74) is 0.666. The van der Waals surface area contributed by atoms with Crippen molar-refractivity contribution in [3.63, 3.8) is 0 Å². The van der Waals surface area contributed by atoms with Gasteiger partial charge in [-0.2, -0.15) is 0 Å². The average Bonchev–Trinajstić information content (AvgIpc) is 2.92. The predicted molar refractivity (Wildman–Crippen MR) is 71.3 cm³/mol. The van der Waals surface area contributed by atoms with Gasteiger partial charge in [0.25, 0.3) is 0 Å². The zero-order valence-corrected chi connectivity index (χ0v) is 11.1. The lowest BCUT2D eigenvalue weighted by Crippen LogP contribution is -2.51. The lowest BCUT2D eigenvalue weighted by atomic mass is 10.1. The molecule has 1 unspecified atom stereocenters. The van der Waals surface area contributed by atoms with Crippen molar-refractivity contribution in [3.05, 3.63) is 18.2 Å². The van der Waals surface area contributed by atoms with Crippen molar-refractivity contribution in [3.8, 4) is 0 Å². The van der Waals surface area contributed by atoms with Gasteiger partial charge in [-0.05, 0) is 25.9 Å². The lowest BCUT2D eigenvalue weighted by molar-refractivity contribution is -0.139. The highest BCUT2D eigenvalue weighted by Gasteiger charge is 2.22. The topological polar surface area (TPSA) is 119 Å². The number of nitrogens with one attached hydrogen (secondary N) is 4. The molecule has 1 aromatic rings. The van der Waals surface area contributed by atoms with Crippen molar-refractivity contribution in [2.45, 2.75) is 31.3 Å². The van der Waals surface area contributed by atoms with Crippen molar-refractivity contribution in [1.82, 2.24) is 25.9 Å². The third-order valence-corrected chi connectivity index (χ3v) is 3.26. The van der Waals surface area contributed by atoms with E-state index < -0.39 is 18.0 Å². The van der Waals surface area contributed by atoms with Gasteiger partial charge in [0.15, 0.2) is 0 Å². The average molecular weight is 281 g/mol. The fourth-order valence-electron chi connectivity index (χ4n) is 2.17. The van der Waals surface area contributed by atoms with Crippen molar-refractivity contribution in [1.29, 1.82) is 0 Å². The van der Waals surface area contributed by atoms with E-state index in [1.165, 1.54) is 6.33 Å². The number of nitrogens with zero attached hydrogens (tertiary/aromatic N) is 1. The van der Waals surface area contributed by atoms with E-state index in [0.29, 0.717) is 5.69 Å². The van der Waals surface area contributed by atoms with Gasteiger partial charge in [-0.25, -0.2) is 14.6 Å². The first-order valence-electron chi connectivity index (χ1n) is 6.63. The molecule has 2 amide bonds. The summed E-state index contributed by atoms with van der Waals surface area (Å²) in [6.07, 6.45) is 4.90. The number of aliphatic carboxylic acids is 1. The summed E-state index contributed by atoms with van der Waals surface area (Å²) < 4.78 is 0. The molecule has 0 radical (unpaired) electrons. The Balaban J connectivity index is 1.83. The number of carbonyl (C=O) groups is 2. The second-order valence-corrected chi connectivity index (χ2v) is 4.81. The van der Waals surface area contributed by atoms with E-state index in [4.69, 9.17) is 5.11 Å². The maximum atomic E-state index is 11.8. The number of carboxylic acids is 1. The maximum absolute atomic E-state index is 11.8. The Bertz CT molecular complexity index is 442. The van der Waals surface area contributed by atoms with Crippen molar-refractivity contribution in [2.24, 2.45) is 0 Å². The molecule has 0 saturated carbocycles. The van der Waals surface area contributed by atoms with E-state index in [2.05, 4.69) is 25.9 Å². The fourth-order valence-corrected chi connectivity index (χ4v) is 2.17. The summed E-state index contributed by atoms with van der Waals surface area (Å²) in [5, 5.41) is 17.6. The highest BCUT2D eigenvalue weighted by molar-refractivity contribution is 5.82. The molecule has 0 bridgehead atoms. The van der Waals surface area contributed by atoms with Gasteiger partial charge >= 0.3 is 12.0 Å². The summed E-state index contributed by atoms with van der Waals surface area (Å²) in [4.78, 5) is 29.6. The van der Waals surface area contributed by atoms with Crippen LogP contribution >= 0.6 is 0 Å². The Morgan fingerprint density at radius 2 is 2.20 bits per heavy atom. The van der Waals surface area contributed by atoms with Crippen LogP contribution in [0.1, 0.15) is 18.5 Å². The zero-order valence-electron chi connectivity index (χ0n) is 11.1. The summed E-state index contributed by atoms with van der Waals surface area (Å²) in [5.74, 6) is -1.07. The molecule has 110 valence electrons. The molecule has 0 spiro atoms. The molecule has 1 aromatic heterocycles. The lowest BCUT2D eigenvalue weighted by Gasteiger charge is -2.24. The molecule has 0 aliphatic carbocycles. The predicted octanol–water partition coefficient (Wildman–Crippen LogP) is -0.543. The van der Waals surface area contributed by atoms with Crippen LogP contribution in [0.3, 0.4) is 0 Å². The van der Waals surface area contributed by atoms with Gasteiger partial charge in [-0.1, -0.05) is 0 Å². The molecule has 2 heterocycles. The van der Waals surface area contributed by atoms with Gasteiger partial charge in [-0.3, -0.25) is 0 Å². The molecule has 5 N–H and O–H groups in total. The molecule has 1 aliphatic heterocycles. The Hall–Kier alpha value is -2.09. The first kappa shape index (κ1) is 14.3. The number of aromatic nitrogens is 2. The zero-order chi connectivity index (χ0) is 14.4. The smallest absolute Gasteiger partial charge is 0.326 e. The van der Waals surface area contributed by atoms with Gasteiger partial charge in [0.2, 0.25) is 0 Å². The largest absolute Gasteiger partial charge is 0.480 e. The van der Waals surface area contributed by atoms with Gasteiger partial charge in [0.05, 0.1) is 6.33 Å². The number of piperidine rings is 1. The van der Waals surface area contributed by atoms with E-state index in [-0.39, 0.29) is 12.5 Å². The summed E-state index contributed by atoms with van der Waals surface area (Å²) in [6, 6.07) is -1.32. The van der Waals surface area contributed by atoms with Crippen LogP contribution in [0.25, 0.3) is 0 Å². The van der Waals surface area contributed by atoms with Crippen LogP contribution in [0.5, 0.6) is 0 Å². The van der Waals surface area contributed by atoms with Crippen molar-refractivity contribution < 1.29 is 14.7 Å². The quantitative estimate of drug-likeness (QED) is 0.496. The minimum absolute atomic E-state index is 0.0952.